The van der Waals surface area contributed by atoms with Gasteiger partial charge >= 0.3 is 0 Å². The Morgan fingerprint density at radius 2 is 1.95 bits per heavy atom. The highest BCUT2D eigenvalue weighted by Gasteiger charge is 2.24. The summed E-state index contributed by atoms with van der Waals surface area (Å²) in [6.07, 6.45) is 5.23. The number of carbonyl (C=O) groups is 1. The number of benzene rings is 1. The number of carbonyl (C=O) groups excluding carboxylic acids is 1. The van der Waals surface area contributed by atoms with Gasteiger partial charge in [0.15, 0.2) is 9.84 Å². The fourth-order valence-corrected chi connectivity index (χ4v) is 4.19. The number of nitrogens with two attached hydrogens (primary N) is 1. The molecule has 0 saturated heterocycles. The second-order valence-electron chi connectivity index (χ2n) is 5.63. The van der Waals surface area contributed by atoms with Crippen LogP contribution in [0.4, 0.5) is 5.69 Å². The van der Waals surface area contributed by atoms with Gasteiger partial charge in [-0.15, -0.1) is 0 Å². The van der Waals surface area contributed by atoms with Crippen molar-refractivity contribution in [2.75, 3.05) is 11.5 Å². The molecule has 0 aliphatic heterocycles. The highest BCUT2D eigenvalue weighted by Crippen LogP contribution is 2.22. The molecule has 6 heteroatoms. The fourth-order valence-electron chi connectivity index (χ4n) is 2.73. The first kappa shape index (κ1) is 15.8. The second-order valence-corrected chi connectivity index (χ2v) is 7.59. The van der Waals surface area contributed by atoms with Crippen LogP contribution in [0.15, 0.2) is 23.1 Å². The van der Waals surface area contributed by atoms with Crippen LogP contribution in [0.1, 0.15) is 37.7 Å². The summed E-state index contributed by atoms with van der Waals surface area (Å²) in [4.78, 5) is 12.1. The number of anilines is 1. The molecule has 0 atom stereocenters. The van der Waals surface area contributed by atoms with Crippen LogP contribution in [0.25, 0.3) is 0 Å². The first-order valence-corrected chi connectivity index (χ1v) is 8.92. The van der Waals surface area contributed by atoms with Crippen molar-refractivity contribution >= 4 is 21.4 Å². The Bertz CT molecular complexity index is 620. The lowest BCUT2D eigenvalue weighted by Crippen LogP contribution is -2.39. The Hall–Kier alpha value is -1.56. The van der Waals surface area contributed by atoms with Crippen molar-refractivity contribution in [3.63, 3.8) is 0 Å². The van der Waals surface area contributed by atoms with Crippen molar-refractivity contribution in [2.45, 2.75) is 50.0 Å². The van der Waals surface area contributed by atoms with Crippen LogP contribution >= 0.6 is 0 Å². The summed E-state index contributed by atoms with van der Waals surface area (Å²) in [5.41, 5.74) is 6.66. The number of amides is 1. The molecule has 1 aliphatic rings. The van der Waals surface area contributed by atoms with Gasteiger partial charge in [-0.1, -0.05) is 25.3 Å². The van der Waals surface area contributed by atoms with Crippen molar-refractivity contribution in [3.8, 4) is 0 Å². The van der Waals surface area contributed by atoms with Crippen LogP contribution in [0.2, 0.25) is 0 Å². The predicted octanol–water partition coefficient (Wildman–Crippen LogP) is 1.80. The summed E-state index contributed by atoms with van der Waals surface area (Å²) in [6, 6.07) is 4.85. The maximum absolute atomic E-state index is 12.3. The van der Waals surface area contributed by atoms with E-state index in [1.165, 1.54) is 12.5 Å². The zero-order valence-corrected chi connectivity index (χ0v) is 13.1. The average Bonchev–Trinajstić information content (AvgIpc) is 2.42. The largest absolute Gasteiger partial charge is 0.398 e. The van der Waals surface area contributed by atoms with E-state index in [1.807, 2.05) is 0 Å². The molecule has 1 aliphatic carbocycles. The molecule has 1 aromatic rings. The SMILES string of the molecule is Cc1c(N)cccc1S(=O)(=O)CC(=O)NC1CCCCC1. The lowest BCUT2D eigenvalue weighted by molar-refractivity contribution is -0.119. The van der Waals surface area contributed by atoms with Gasteiger partial charge in [0.05, 0.1) is 4.90 Å². The normalized spacial score (nSPS) is 16.6. The molecule has 1 fully saturated rings. The molecule has 1 saturated carbocycles. The van der Waals surface area contributed by atoms with Crippen molar-refractivity contribution in [3.05, 3.63) is 23.8 Å². The first-order chi connectivity index (χ1) is 9.90. The van der Waals surface area contributed by atoms with Gasteiger partial charge in [0, 0.05) is 11.7 Å². The Balaban J connectivity index is 2.06. The molecule has 0 radical (unpaired) electrons. The zero-order chi connectivity index (χ0) is 15.5. The molecule has 0 unspecified atom stereocenters. The van der Waals surface area contributed by atoms with E-state index in [0.29, 0.717) is 11.3 Å². The lowest BCUT2D eigenvalue weighted by atomic mass is 9.95. The summed E-state index contributed by atoms with van der Waals surface area (Å²) >= 11 is 0. The van der Waals surface area contributed by atoms with E-state index in [-0.39, 0.29) is 10.9 Å². The van der Waals surface area contributed by atoms with E-state index in [0.717, 1.165) is 25.7 Å². The van der Waals surface area contributed by atoms with Crippen LogP contribution in [0.5, 0.6) is 0 Å². The lowest BCUT2D eigenvalue weighted by Gasteiger charge is -2.22. The summed E-state index contributed by atoms with van der Waals surface area (Å²) in [5, 5.41) is 2.83. The number of nitrogen functional groups attached to an aromatic ring is 1. The molecule has 0 aromatic heterocycles. The molecule has 2 rings (SSSR count). The zero-order valence-electron chi connectivity index (χ0n) is 12.3. The first-order valence-electron chi connectivity index (χ1n) is 7.27. The molecule has 0 bridgehead atoms. The number of sulfone groups is 1. The number of rotatable bonds is 4. The molecular weight excluding hydrogens is 288 g/mol. The number of hydrogen-bond donors (Lipinski definition) is 2. The minimum atomic E-state index is -3.66. The Labute approximate surface area is 125 Å². The van der Waals surface area contributed by atoms with Gasteiger partial charge < -0.3 is 11.1 Å². The Morgan fingerprint density at radius 3 is 2.62 bits per heavy atom. The van der Waals surface area contributed by atoms with Crippen LogP contribution in [-0.2, 0) is 14.6 Å². The summed E-state index contributed by atoms with van der Waals surface area (Å²) < 4.78 is 24.7. The van der Waals surface area contributed by atoms with E-state index in [1.54, 1.807) is 19.1 Å². The summed E-state index contributed by atoms with van der Waals surface area (Å²) in [7, 11) is -3.66. The topological polar surface area (TPSA) is 89.3 Å². The predicted molar refractivity (Wildman–Crippen MR) is 82.7 cm³/mol. The molecule has 116 valence electrons. The Kier molecular flexibility index (Phi) is 4.88. The third-order valence-corrected chi connectivity index (χ3v) is 5.71. The van der Waals surface area contributed by atoms with E-state index >= 15 is 0 Å². The Morgan fingerprint density at radius 1 is 1.29 bits per heavy atom. The molecule has 1 aromatic carbocycles. The van der Waals surface area contributed by atoms with E-state index in [2.05, 4.69) is 5.32 Å². The van der Waals surface area contributed by atoms with Crippen molar-refractivity contribution < 1.29 is 13.2 Å². The van der Waals surface area contributed by atoms with Crippen LogP contribution in [-0.4, -0.2) is 26.1 Å². The van der Waals surface area contributed by atoms with Gasteiger partial charge in [-0.05, 0) is 37.5 Å². The molecular formula is C15H22N2O3S. The highest BCUT2D eigenvalue weighted by atomic mass is 32.2. The van der Waals surface area contributed by atoms with Crippen molar-refractivity contribution in [1.82, 2.24) is 5.32 Å². The minimum absolute atomic E-state index is 0.114. The standard InChI is InChI=1S/C15H22N2O3S/c1-11-13(16)8-5-9-14(11)21(19,20)10-15(18)17-12-6-3-2-4-7-12/h5,8-9,12H,2-4,6-7,10,16H2,1H3,(H,17,18). The maximum atomic E-state index is 12.3. The molecule has 0 spiro atoms. The molecule has 5 nitrogen and oxygen atoms in total. The molecule has 21 heavy (non-hydrogen) atoms. The molecule has 3 N–H and O–H groups in total. The monoisotopic (exact) mass is 310 g/mol. The van der Waals surface area contributed by atoms with Crippen LogP contribution in [0.3, 0.4) is 0 Å². The third kappa shape index (κ3) is 3.97. The molecule has 1 amide bonds. The average molecular weight is 310 g/mol. The summed E-state index contributed by atoms with van der Waals surface area (Å²) in [6.45, 7) is 1.65. The number of hydrogen-bond acceptors (Lipinski definition) is 4. The van der Waals surface area contributed by atoms with Crippen LogP contribution < -0.4 is 11.1 Å². The molecule has 0 heterocycles. The van der Waals surface area contributed by atoms with E-state index in [4.69, 9.17) is 5.73 Å². The fraction of sp³-hybridized carbons (Fsp3) is 0.533. The smallest absolute Gasteiger partial charge is 0.235 e. The highest BCUT2D eigenvalue weighted by molar-refractivity contribution is 7.92. The van der Waals surface area contributed by atoms with Crippen molar-refractivity contribution in [1.29, 1.82) is 0 Å². The van der Waals surface area contributed by atoms with Gasteiger partial charge in [-0.25, -0.2) is 8.42 Å². The van der Waals surface area contributed by atoms with Gasteiger partial charge in [-0.2, -0.15) is 0 Å². The van der Waals surface area contributed by atoms with Crippen molar-refractivity contribution in [2.24, 2.45) is 0 Å². The maximum Gasteiger partial charge on any atom is 0.235 e. The van der Waals surface area contributed by atoms with Gasteiger partial charge in [-0.3, -0.25) is 4.79 Å². The summed E-state index contributed by atoms with van der Waals surface area (Å²) in [5.74, 6) is -0.947. The van der Waals surface area contributed by atoms with Gasteiger partial charge in [0.1, 0.15) is 5.75 Å². The second kappa shape index (κ2) is 6.47. The van der Waals surface area contributed by atoms with E-state index < -0.39 is 21.5 Å². The minimum Gasteiger partial charge on any atom is -0.398 e. The third-order valence-electron chi connectivity index (χ3n) is 3.95. The number of nitrogens with one attached hydrogen (secondary N) is 1. The van der Waals surface area contributed by atoms with Crippen LogP contribution in [0, 0.1) is 6.92 Å². The van der Waals surface area contributed by atoms with Gasteiger partial charge in [0.25, 0.3) is 0 Å². The quantitative estimate of drug-likeness (QED) is 0.830. The van der Waals surface area contributed by atoms with E-state index in [9.17, 15) is 13.2 Å². The van der Waals surface area contributed by atoms with Gasteiger partial charge in [0.2, 0.25) is 5.91 Å².